The van der Waals surface area contributed by atoms with E-state index in [9.17, 15) is 4.79 Å². The highest BCUT2D eigenvalue weighted by atomic mass is 16.5. The molecule has 1 aliphatic rings. The van der Waals surface area contributed by atoms with E-state index in [1.54, 1.807) is 19.5 Å². The highest BCUT2D eigenvalue weighted by Crippen LogP contribution is 2.32. The van der Waals surface area contributed by atoms with E-state index in [-0.39, 0.29) is 12.1 Å². The van der Waals surface area contributed by atoms with Gasteiger partial charge in [-0.15, -0.1) is 0 Å². The zero-order valence-corrected chi connectivity index (χ0v) is 17.0. The number of amides is 2. The first-order valence-corrected chi connectivity index (χ1v) is 9.88. The molecule has 1 aliphatic heterocycles. The highest BCUT2D eigenvalue weighted by molar-refractivity contribution is 5.94. The summed E-state index contributed by atoms with van der Waals surface area (Å²) < 4.78 is 5.36. The Bertz CT molecular complexity index is 1070. The number of methoxy groups -OCH3 is 1. The number of fused-ring (bicyclic) bond motifs is 1. The van der Waals surface area contributed by atoms with Crippen LogP contribution in [-0.4, -0.2) is 41.1 Å². The number of para-hydroxylation sites is 1. The highest BCUT2D eigenvalue weighted by Gasteiger charge is 2.22. The third-order valence-corrected chi connectivity index (χ3v) is 5.55. The molecule has 1 unspecified atom stereocenters. The summed E-state index contributed by atoms with van der Waals surface area (Å²) >= 11 is 0. The van der Waals surface area contributed by atoms with Crippen molar-refractivity contribution < 1.29 is 9.53 Å². The van der Waals surface area contributed by atoms with Crippen LogP contribution < -0.4 is 10.1 Å². The van der Waals surface area contributed by atoms with Gasteiger partial charge in [-0.05, 0) is 38.0 Å². The van der Waals surface area contributed by atoms with Crippen LogP contribution in [0.25, 0.3) is 16.5 Å². The molecule has 1 atom stereocenters. The molecule has 2 amide bonds. The van der Waals surface area contributed by atoms with Gasteiger partial charge in [-0.1, -0.05) is 24.3 Å². The van der Waals surface area contributed by atoms with Crippen LogP contribution in [0.4, 0.5) is 4.79 Å². The molecule has 0 spiro atoms. The second-order valence-corrected chi connectivity index (χ2v) is 7.38. The number of hydrogen-bond donors (Lipinski definition) is 2. The molecule has 0 aliphatic carbocycles. The lowest BCUT2D eigenvalue weighted by Crippen LogP contribution is -2.43. The maximum Gasteiger partial charge on any atom is 0.318 e. The molecule has 0 fully saturated rings. The summed E-state index contributed by atoms with van der Waals surface area (Å²) in [6.07, 6.45) is 6.38. The summed E-state index contributed by atoms with van der Waals surface area (Å²) in [7, 11) is 1.61. The smallest absolute Gasteiger partial charge is 0.318 e. The van der Waals surface area contributed by atoms with Crippen molar-refractivity contribution in [2.75, 3.05) is 20.2 Å². The van der Waals surface area contributed by atoms with E-state index in [1.807, 2.05) is 24.0 Å². The van der Waals surface area contributed by atoms with Gasteiger partial charge in [0.2, 0.25) is 0 Å². The molecule has 0 saturated carbocycles. The summed E-state index contributed by atoms with van der Waals surface area (Å²) in [4.78, 5) is 22.2. The van der Waals surface area contributed by atoms with Crippen molar-refractivity contribution in [3.05, 3.63) is 65.6 Å². The van der Waals surface area contributed by atoms with Crippen LogP contribution in [0.5, 0.6) is 5.75 Å². The second kappa shape index (κ2) is 7.99. The average molecular weight is 390 g/mol. The van der Waals surface area contributed by atoms with Crippen molar-refractivity contribution in [2.24, 2.45) is 0 Å². The summed E-state index contributed by atoms with van der Waals surface area (Å²) in [6, 6.07) is 10.0. The normalized spacial score (nSPS) is 15.1. The molecular formula is C23H26N4O2. The number of aromatic nitrogens is 2. The van der Waals surface area contributed by atoms with Crippen molar-refractivity contribution in [1.29, 1.82) is 0 Å². The monoisotopic (exact) mass is 390 g/mol. The third kappa shape index (κ3) is 3.70. The lowest BCUT2D eigenvalue weighted by Gasteiger charge is -2.28. The molecule has 0 saturated heterocycles. The fraction of sp³-hybridized carbons (Fsp3) is 0.304. The largest absolute Gasteiger partial charge is 0.495 e. The van der Waals surface area contributed by atoms with Crippen molar-refractivity contribution in [3.8, 4) is 5.75 Å². The molecule has 4 rings (SSSR count). The fourth-order valence-electron chi connectivity index (χ4n) is 4.04. The minimum Gasteiger partial charge on any atom is -0.495 e. The Kier molecular flexibility index (Phi) is 5.25. The van der Waals surface area contributed by atoms with Gasteiger partial charge < -0.3 is 19.9 Å². The molecule has 3 heterocycles. The Morgan fingerprint density at radius 1 is 1.31 bits per heavy atom. The van der Waals surface area contributed by atoms with Gasteiger partial charge in [0.25, 0.3) is 0 Å². The number of aromatic amines is 1. The van der Waals surface area contributed by atoms with E-state index in [2.05, 4.69) is 46.5 Å². The van der Waals surface area contributed by atoms with E-state index in [0.717, 1.165) is 17.5 Å². The molecule has 2 aromatic heterocycles. The van der Waals surface area contributed by atoms with Gasteiger partial charge in [-0.25, -0.2) is 4.79 Å². The SMILES string of the molecule is COc1cnccc1C(C)NC(=O)N1CC=C(c2c(C)[nH]c3ccccc23)CC1. The number of hydrogen-bond acceptors (Lipinski definition) is 3. The van der Waals surface area contributed by atoms with Crippen LogP contribution >= 0.6 is 0 Å². The molecule has 3 aromatic rings. The zero-order chi connectivity index (χ0) is 20.4. The van der Waals surface area contributed by atoms with Crippen LogP contribution in [0.15, 0.2) is 48.8 Å². The molecule has 0 radical (unpaired) electrons. The number of rotatable bonds is 4. The number of urea groups is 1. The second-order valence-electron chi connectivity index (χ2n) is 7.38. The van der Waals surface area contributed by atoms with Crippen LogP contribution in [-0.2, 0) is 0 Å². The van der Waals surface area contributed by atoms with Crippen LogP contribution in [0.3, 0.4) is 0 Å². The van der Waals surface area contributed by atoms with Gasteiger partial charge in [0, 0.05) is 47.0 Å². The van der Waals surface area contributed by atoms with Crippen LogP contribution in [0, 0.1) is 6.92 Å². The van der Waals surface area contributed by atoms with Crippen LogP contribution in [0.1, 0.15) is 36.2 Å². The Hall–Kier alpha value is -3.28. The van der Waals surface area contributed by atoms with Gasteiger partial charge in [0.05, 0.1) is 19.3 Å². The molecule has 6 nitrogen and oxygen atoms in total. The first-order chi connectivity index (χ1) is 14.1. The molecule has 1 aromatic carbocycles. The number of ether oxygens (including phenoxy) is 1. The summed E-state index contributed by atoms with van der Waals surface area (Å²) in [5.41, 5.74) is 5.82. The van der Waals surface area contributed by atoms with Crippen molar-refractivity contribution in [1.82, 2.24) is 20.2 Å². The maximum absolute atomic E-state index is 12.8. The Morgan fingerprint density at radius 3 is 2.90 bits per heavy atom. The average Bonchev–Trinajstić information content (AvgIpc) is 3.09. The minimum atomic E-state index is -0.165. The number of carbonyl (C=O) groups is 1. The maximum atomic E-state index is 12.8. The Balaban J connectivity index is 1.46. The third-order valence-electron chi connectivity index (χ3n) is 5.55. The summed E-state index contributed by atoms with van der Waals surface area (Å²) in [6.45, 7) is 5.35. The number of aryl methyl sites for hydroxylation is 1. The topological polar surface area (TPSA) is 70.2 Å². The number of nitrogens with zero attached hydrogens (tertiary/aromatic N) is 2. The molecule has 6 heteroatoms. The van der Waals surface area contributed by atoms with Gasteiger partial charge >= 0.3 is 6.03 Å². The zero-order valence-electron chi connectivity index (χ0n) is 17.0. The number of pyridine rings is 1. The molecule has 29 heavy (non-hydrogen) atoms. The minimum absolute atomic E-state index is 0.0673. The molecule has 150 valence electrons. The Morgan fingerprint density at radius 2 is 2.14 bits per heavy atom. The fourth-order valence-corrected chi connectivity index (χ4v) is 4.04. The molecule has 2 N–H and O–H groups in total. The van der Waals surface area contributed by atoms with E-state index in [0.29, 0.717) is 18.8 Å². The van der Waals surface area contributed by atoms with E-state index in [1.165, 1.54) is 22.2 Å². The van der Waals surface area contributed by atoms with Crippen molar-refractivity contribution in [3.63, 3.8) is 0 Å². The van der Waals surface area contributed by atoms with Crippen molar-refractivity contribution >= 4 is 22.5 Å². The van der Waals surface area contributed by atoms with Crippen LogP contribution in [0.2, 0.25) is 0 Å². The first-order valence-electron chi connectivity index (χ1n) is 9.88. The number of benzene rings is 1. The predicted octanol–water partition coefficient (Wildman–Crippen LogP) is 4.44. The number of carbonyl (C=O) groups excluding carboxylic acids is 1. The van der Waals surface area contributed by atoms with E-state index in [4.69, 9.17) is 4.74 Å². The predicted molar refractivity (Wildman–Crippen MR) is 115 cm³/mol. The van der Waals surface area contributed by atoms with E-state index >= 15 is 0 Å². The number of H-pyrrole nitrogens is 1. The van der Waals surface area contributed by atoms with Gasteiger partial charge in [0.1, 0.15) is 5.75 Å². The molecule has 0 bridgehead atoms. The van der Waals surface area contributed by atoms with Gasteiger partial charge in [-0.3, -0.25) is 4.98 Å². The summed E-state index contributed by atoms with van der Waals surface area (Å²) in [5.74, 6) is 0.677. The quantitative estimate of drug-likeness (QED) is 0.692. The standard InChI is InChI=1S/C23H26N4O2/c1-15(18-8-11-24-14-21(18)29-3)26-23(28)27-12-9-17(10-13-27)22-16(2)25-20-7-5-4-6-19(20)22/h4-9,11,14-15,25H,10,12-13H2,1-3H3,(H,26,28). The lowest BCUT2D eigenvalue weighted by atomic mass is 9.97. The van der Waals surface area contributed by atoms with Gasteiger partial charge in [-0.2, -0.15) is 0 Å². The van der Waals surface area contributed by atoms with E-state index < -0.39 is 0 Å². The van der Waals surface area contributed by atoms with Crippen molar-refractivity contribution in [2.45, 2.75) is 26.3 Å². The summed E-state index contributed by atoms with van der Waals surface area (Å²) in [5, 5.41) is 4.32. The molecular weight excluding hydrogens is 364 g/mol. The lowest BCUT2D eigenvalue weighted by molar-refractivity contribution is 0.199. The van der Waals surface area contributed by atoms with Gasteiger partial charge in [0.15, 0.2) is 0 Å². The Labute approximate surface area is 170 Å². The first kappa shape index (κ1) is 19.1. The number of nitrogens with one attached hydrogen (secondary N) is 2.